The molecule has 0 saturated carbocycles. The monoisotopic (exact) mass is 788 g/mol. The van der Waals surface area contributed by atoms with E-state index in [1.54, 1.807) is 18.3 Å². The average Bonchev–Trinajstić information content (AvgIpc) is 3.72. The second-order valence-corrected chi connectivity index (χ2v) is 17.4. The van der Waals surface area contributed by atoms with Gasteiger partial charge in [-0.05, 0) is 81.3 Å². The number of imide groups is 1. The van der Waals surface area contributed by atoms with E-state index in [2.05, 4.69) is 84.4 Å². The number of phenols is 1. The quantitative estimate of drug-likeness (QED) is 0.200. The van der Waals surface area contributed by atoms with Crippen molar-refractivity contribution >= 4 is 29.1 Å². The number of nitrogens with zero attached hydrogens (tertiary/aromatic N) is 7. The zero-order valence-electron chi connectivity index (χ0n) is 33.8. The summed E-state index contributed by atoms with van der Waals surface area (Å²) >= 11 is 0. The van der Waals surface area contributed by atoms with Gasteiger partial charge in [-0.1, -0.05) is 49.3 Å². The molecule has 5 fully saturated rings. The van der Waals surface area contributed by atoms with Gasteiger partial charge in [-0.15, -0.1) is 0 Å². The largest absolute Gasteiger partial charge is 0.507 e. The number of aromatic nitrogens is 3. The Hall–Kier alpha value is -5.30. The number of benzene rings is 2. The molecule has 306 valence electrons. The summed E-state index contributed by atoms with van der Waals surface area (Å²) in [6.07, 6.45) is 8.58. The van der Waals surface area contributed by atoms with Gasteiger partial charge in [0.05, 0.1) is 28.7 Å². The van der Waals surface area contributed by atoms with Crippen LogP contribution in [0, 0.1) is 11.3 Å². The molecule has 2 aromatic heterocycles. The first-order valence-corrected chi connectivity index (χ1v) is 21.1. The average molecular weight is 789 g/mol. The van der Waals surface area contributed by atoms with Crippen molar-refractivity contribution in [3.63, 3.8) is 0 Å². The molecule has 3 amide bonds. The van der Waals surface area contributed by atoms with Crippen molar-refractivity contribution in [3.05, 3.63) is 84.4 Å². The Morgan fingerprint density at radius 2 is 1.55 bits per heavy atom. The van der Waals surface area contributed by atoms with Gasteiger partial charge in [-0.2, -0.15) is 10.2 Å². The molecule has 58 heavy (non-hydrogen) atoms. The fourth-order valence-corrected chi connectivity index (χ4v) is 9.51. The van der Waals surface area contributed by atoms with Gasteiger partial charge < -0.3 is 29.2 Å². The Morgan fingerprint density at radius 1 is 0.879 bits per heavy atom. The number of carbonyl (C=O) groups is 3. The molecular formula is C45H56N8O5. The second-order valence-electron chi connectivity index (χ2n) is 17.4. The molecule has 0 radical (unpaired) electrons. The third-order valence-electron chi connectivity index (χ3n) is 12.9. The SMILES string of the molecule is CC(C)c1cc(C2(C(=O)N3CC4(CN(CCC5CCN(c6ccccc6)CC5)C4)C3)CCN(c3cnnc(-c4ccccc4O)c3)CC2)no1.O=C1CCCC(=O)N1. The molecule has 4 aromatic rings. The molecule has 0 aliphatic carbocycles. The van der Waals surface area contributed by atoms with E-state index in [1.165, 1.54) is 24.9 Å². The zero-order chi connectivity index (χ0) is 40.3. The normalized spacial score (nSPS) is 20.6. The van der Waals surface area contributed by atoms with E-state index in [0.717, 1.165) is 68.9 Å². The Morgan fingerprint density at radius 3 is 2.19 bits per heavy atom. The first kappa shape index (κ1) is 39.5. The van der Waals surface area contributed by atoms with Gasteiger partial charge in [0.25, 0.3) is 0 Å². The van der Waals surface area contributed by atoms with Gasteiger partial charge in [0.2, 0.25) is 17.7 Å². The molecule has 0 unspecified atom stereocenters. The minimum atomic E-state index is -0.714. The van der Waals surface area contributed by atoms with Crippen LogP contribution in [0.25, 0.3) is 11.3 Å². The number of aromatic hydroxyl groups is 1. The molecule has 5 saturated heterocycles. The third kappa shape index (κ3) is 8.46. The lowest BCUT2D eigenvalue weighted by molar-refractivity contribution is -0.166. The molecule has 2 aromatic carbocycles. The van der Waals surface area contributed by atoms with Gasteiger partial charge in [-0.3, -0.25) is 19.7 Å². The number of hydrogen-bond donors (Lipinski definition) is 2. The Bertz CT molecular complexity index is 2040. The van der Waals surface area contributed by atoms with E-state index in [9.17, 15) is 19.5 Å². The van der Waals surface area contributed by atoms with Crippen molar-refractivity contribution in [2.45, 2.75) is 76.5 Å². The standard InChI is InChI=1S/C40H49N7O3.C5H7NO2/c1-29(2)36-23-37(43-50-36)40(15-20-46(21-16-40)32-22-34(42-41-24-32)33-10-6-7-11-35(33)48)38(49)47-27-39(28-47)25-44(26-39)17-12-30-13-18-45(19-14-30)31-8-4-3-5-9-31;7-4-2-1-3-5(8)6-4/h3-11,22-24,29-30,48H,12-21,25-28H2,1-2H3;1-3H2,(H,6,7,8). The predicted octanol–water partition coefficient (Wildman–Crippen LogP) is 5.76. The molecular weight excluding hydrogens is 733 g/mol. The van der Waals surface area contributed by atoms with Crippen LogP contribution in [-0.2, 0) is 19.8 Å². The number of amides is 3. The molecule has 5 aliphatic rings. The lowest BCUT2D eigenvalue weighted by Crippen LogP contribution is -2.74. The van der Waals surface area contributed by atoms with Crippen molar-refractivity contribution in [2.24, 2.45) is 11.3 Å². The fourth-order valence-electron chi connectivity index (χ4n) is 9.51. The second kappa shape index (κ2) is 16.9. The number of phenolic OH excluding ortho intramolecular Hbond substituents is 1. The summed E-state index contributed by atoms with van der Waals surface area (Å²) in [5.41, 5.74) is 3.85. The van der Waals surface area contributed by atoms with Crippen molar-refractivity contribution < 1.29 is 24.0 Å². The van der Waals surface area contributed by atoms with Crippen LogP contribution in [0.2, 0.25) is 0 Å². The maximum atomic E-state index is 14.5. The van der Waals surface area contributed by atoms with Crippen molar-refractivity contribution in [1.29, 1.82) is 0 Å². The van der Waals surface area contributed by atoms with Crippen molar-refractivity contribution in [2.75, 3.05) is 68.7 Å². The van der Waals surface area contributed by atoms with E-state index < -0.39 is 5.41 Å². The van der Waals surface area contributed by atoms with Crippen LogP contribution in [0.3, 0.4) is 0 Å². The first-order valence-electron chi connectivity index (χ1n) is 21.1. The highest BCUT2D eigenvalue weighted by Gasteiger charge is 2.57. The molecule has 13 heteroatoms. The lowest BCUT2D eigenvalue weighted by atomic mass is 9.68. The van der Waals surface area contributed by atoms with Crippen LogP contribution in [-0.4, -0.2) is 107 Å². The summed E-state index contributed by atoms with van der Waals surface area (Å²) in [7, 11) is 0. The summed E-state index contributed by atoms with van der Waals surface area (Å²) in [5.74, 6) is 1.91. The Balaban J connectivity index is 0.000000526. The van der Waals surface area contributed by atoms with Gasteiger partial charge in [0, 0.05) is 93.8 Å². The van der Waals surface area contributed by atoms with E-state index in [1.807, 2.05) is 24.3 Å². The van der Waals surface area contributed by atoms with Crippen molar-refractivity contribution in [1.82, 2.24) is 30.5 Å². The summed E-state index contributed by atoms with van der Waals surface area (Å²) in [6.45, 7) is 12.9. The number of rotatable bonds is 9. The summed E-state index contributed by atoms with van der Waals surface area (Å²) in [5, 5.41) is 25.7. The summed E-state index contributed by atoms with van der Waals surface area (Å²) in [6, 6.07) is 22.0. The summed E-state index contributed by atoms with van der Waals surface area (Å²) in [4.78, 5) is 44.7. The highest BCUT2D eigenvalue weighted by molar-refractivity contribution is 5.97. The maximum absolute atomic E-state index is 14.5. The third-order valence-corrected chi connectivity index (χ3v) is 12.9. The number of likely N-dealkylation sites (tertiary alicyclic amines) is 2. The van der Waals surface area contributed by atoms with E-state index in [0.29, 0.717) is 56.5 Å². The number of nitrogens with one attached hydrogen (secondary N) is 1. The minimum absolute atomic E-state index is 0.138. The molecule has 0 atom stereocenters. The van der Waals surface area contributed by atoms with Crippen LogP contribution in [0.1, 0.15) is 82.6 Å². The topological polar surface area (TPSA) is 148 Å². The number of para-hydroxylation sites is 2. The lowest BCUT2D eigenvalue weighted by Gasteiger charge is -2.61. The van der Waals surface area contributed by atoms with Crippen LogP contribution in [0.4, 0.5) is 11.4 Å². The molecule has 2 N–H and O–H groups in total. The smallest absolute Gasteiger partial charge is 0.235 e. The van der Waals surface area contributed by atoms with Gasteiger partial charge in [0.15, 0.2) is 0 Å². The maximum Gasteiger partial charge on any atom is 0.235 e. The Labute approximate surface area is 340 Å². The molecule has 5 aliphatic heterocycles. The van der Waals surface area contributed by atoms with Gasteiger partial charge in [-0.25, -0.2) is 0 Å². The van der Waals surface area contributed by atoms with E-state index >= 15 is 0 Å². The van der Waals surface area contributed by atoms with E-state index in [-0.39, 0.29) is 34.8 Å². The minimum Gasteiger partial charge on any atom is -0.507 e. The molecule has 7 heterocycles. The Kier molecular flexibility index (Phi) is 11.5. The van der Waals surface area contributed by atoms with Gasteiger partial charge in [0.1, 0.15) is 11.5 Å². The highest BCUT2D eigenvalue weighted by atomic mass is 16.5. The molecule has 13 nitrogen and oxygen atoms in total. The van der Waals surface area contributed by atoms with Crippen LogP contribution in [0.5, 0.6) is 5.75 Å². The predicted molar refractivity (Wildman–Crippen MR) is 221 cm³/mol. The molecule has 9 rings (SSSR count). The summed E-state index contributed by atoms with van der Waals surface area (Å²) < 4.78 is 5.78. The number of piperidine rings is 3. The van der Waals surface area contributed by atoms with E-state index in [4.69, 9.17) is 4.52 Å². The number of carbonyl (C=O) groups excluding carboxylic acids is 3. The van der Waals surface area contributed by atoms with Crippen LogP contribution < -0.4 is 15.1 Å². The fraction of sp³-hybridized carbons (Fsp3) is 0.511. The molecule has 1 spiro atoms. The van der Waals surface area contributed by atoms with Crippen LogP contribution >= 0.6 is 0 Å². The highest BCUT2D eigenvalue weighted by Crippen LogP contribution is 2.46. The van der Waals surface area contributed by atoms with Crippen LogP contribution in [0.15, 0.2) is 77.4 Å². The molecule has 0 bridgehead atoms. The van der Waals surface area contributed by atoms with Crippen molar-refractivity contribution in [3.8, 4) is 17.0 Å². The first-order chi connectivity index (χ1) is 28.1. The van der Waals surface area contributed by atoms with Gasteiger partial charge >= 0.3 is 0 Å². The number of hydrogen-bond acceptors (Lipinski definition) is 11. The zero-order valence-corrected chi connectivity index (χ0v) is 33.8. The number of anilines is 2.